The number of nitrogens with zero attached hydrogens (tertiary/aromatic N) is 6. The number of pyridine rings is 1. The van der Waals surface area contributed by atoms with Crippen molar-refractivity contribution in [3.05, 3.63) is 54.0 Å². The first-order valence-electron chi connectivity index (χ1n) is 9.84. The van der Waals surface area contributed by atoms with Crippen LogP contribution in [0.4, 0.5) is 11.6 Å². The Kier molecular flexibility index (Phi) is 5.52. The van der Waals surface area contributed by atoms with Gasteiger partial charge in [-0.1, -0.05) is 0 Å². The predicted octanol–water partition coefficient (Wildman–Crippen LogP) is 2.53. The molecule has 0 saturated carbocycles. The van der Waals surface area contributed by atoms with Gasteiger partial charge in [-0.05, 0) is 44.4 Å². The van der Waals surface area contributed by atoms with Gasteiger partial charge in [-0.2, -0.15) is 4.31 Å². The van der Waals surface area contributed by atoms with Crippen molar-refractivity contribution < 1.29 is 8.42 Å². The Hall–Kier alpha value is -2.85. The number of aryl methyl sites for hydroxylation is 3. The lowest BCUT2D eigenvalue weighted by Gasteiger charge is -2.31. The summed E-state index contributed by atoms with van der Waals surface area (Å²) in [7, 11) is -1.87. The van der Waals surface area contributed by atoms with Crippen LogP contribution in [0.1, 0.15) is 35.8 Å². The van der Waals surface area contributed by atoms with E-state index in [2.05, 4.69) is 25.3 Å². The molecule has 0 aromatic carbocycles. The maximum Gasteiger partial charge on any atom is 0.262 e. The van der Waals surface area contributed by atoms with E-state index >= 15 is 0 Å². The molecule has 0 aliphatic carbocycles. The monoisotopic (exact) mass is 427 g/mol. The van der Waals surface area contributed by atoms with Crippen LogP contribution >= 0.6 is 0 Å². The van der Waals surface area contributed by atoms with E-state index in [1.54, 1.807) is 17.8 Å². The van der Waals surface area contributed by atoms with Gasteiger partial charge in [0.15, 0.2) is 5.03 Å². The van der Waals surface area contributed by atoms with Gasteiger partial charge < -0.3 is 9.88 Å². The molecule has 0 spiro atoms. The third-order valence-electron chi connectivity index (χ3n) is 5.12. The van der Waals surface area contributed by atoms with Gasteiger partial charge in [0.2, 0.25) is 0 Å². The third-order valence-corrected chi connectivity index (χ3v) is 6.87. The maximum atomic E-state index is 13.0. The minimum Gasteiger partial charge on any atom is -0.339 e. The van der Waals surface area contributed by atoms with Crippen molar-refractivity contribution in [1.29, 1.82) is 0 Å². The number of hydrogen-bond donors (Lipinski definition) is 1. The molecule has 0 bridgehead atoms. The lowest BCUT2D eigenvalue weighted by atomic mass is 9.96. The molecule has 0 unspecified atom stereocenters. The molecule has 4 heterocycles. The van der Waals surface area contributed by atoms with Crippen LogP contribution in [0.25, 0.3) is 0 Å². The Morgan fingerprint density at radius 1 is 1.13 bits per heavy atom. The van der Waals surface area contributed by atoms with Crippen molar-refractivity contribution in [2.75, 3.05) is 18.4 Å². The number of sulfonamides is 1. The zero-order valence-corrected chi connectivity index (χ0v) is 18.1. The molecule has 30 heavy (non-hydrogen) atoms. The van der Waals surface area contributed by atoms with Crippen LogP contribution in [0, 0.1) is 13.8 Å². The normalized spacial score (nSPS) is 17.8. The Labute approximate surface area is 176 Å². The summed E-state index contributed by atoms with van der Waals surface area (Å²) in [5.41, 5.74) is 1.93. The highest BCUT2D eigenvalue weighted by atomic mass is 32.2. The maximum absolute atomic E-state index is 13.0. The number of imidazole rings is 1. The van der Waals surface area contributed by atoms with Crippen LogP contribution in [0.15, 0.2) is 41.9 Å². The Morgan fingerprint density at radius 3 is 2.70 bits per heavy atom. The van der Waals surface area contributed by atoms with Gasteiger partial charge in [-0.25, -0.2) is 28.4 Å². The van der Waals surface area contributed by atoms with Crippen LogP contribution in [0.2, 0.25) is 0 Å². The van der Waals surface area contributed by atoms with Gasteiger partial charge >= 0.3 is 0 Å². The third kappa shape index (κ3) is 4.34. The molecule has 1 fully saturated rings. The Balaban J connectivity index is 1.57. The second-order valence-corrected chi connectivity index (χ2v) is 9.53. The minimum atomic E-state index is -3.62. The summed E-state index contributed by atoms with van der Waals surface area (Å²) in [4.78, 5) is 17.4. The lowest BCUT2D eigenvalue weighted by molar-refractivity contribution is 0.311. The van der Waals surface area contributed by atoms with Gasteiger partial charge in [0.05, 0.1) is 12.0 Å². The molecule has 1 saturated heterocycles. The van der Waals surface area contributed by atoms with Gasteiger partial charge in [-0.15, -0.1) is 0 Å². The molecule has 3 aromatic heterocycles. The molecule has 158 valence electrons. The SMILES string of the molecule is Cc1ccnc(Nc2cc([C@H]3CCCN(S(=O)(=O)c4cn(C)cn4)C3)nc(C)n2)c1. The number of nitrogens with one attached hydrogen (secondary N) is 1. The summed E-state index contributed by atoms with van der Waals surface area (Å²) < 4.78 is 29.1. The summed E-state index contributed by atoms with van der Waals surface area (Å²) >= 11 is 0. The average Bonchev–Trinajstić information content (AvgIpc) is 3.15. The minimum absolute atomic E-state index is 0.00930. The molecule has 9 nitrogen and oxygen atoms in total. The zero-order valence-electron chi connectivity index (χ0n) is 17.3. The average molecular weight is 428 g/mol. The first-order chi connectivity index (χ1) is 14.3. The first-order valence-corrected chi connectivity index (χ1v) is 11.3. The van der Waals surface area contributed by atoms with Crippen LogP contribution in [-0.2, 0) is 17.1 Å². The lowest BCUT2D eigenvalue weighted by Crippen LogP contribution is -2.39. The van der Waals surface area contributed by atoms with Crippen molar-refractivity contribution in [1.82, 2.24) is 28.8 Å². The molecule has 0 amide bonds. The van der Waals surface area contributed by atoms with Crippen molar-refractivity contribution in [2.24, 2.45) is 7.05 Å². The van der Waals surface area contributed by atoms with Crippen LogP contribution in [0.5, 0.6) is 0 Å². The quantitative estimate of drug-likeness (QED) is 0.667. The molecule has 3 aromatic rings. The van der Waals surface area contributed by atoms with E-state index in [1.807, 2.05) is 32.0 Å². The Bertz CT molecular complexity index is 1160. The standard InChI is InChI=1S/C20H25N7O2S/c1-14-6-7-21-18(9-14)25-19-10-17(23-15(2)24-19)16-5-4-8-27(11-16)30(28,29)20-12-26(3)13-22-20/h6-7,9-10,12-13,16H,4-5,8,11H2,1-3H3,(H,21,23,24,25)/t16-/m0/s1. The largest absolute Gasteiger partial charge is 0.339 e. The highest BCUT2D eigenvalue weighted by Crippen LogP contribution is 2.30. The predicted molar refractivity (Wildman–Crippen MR) is 113 cm³/mol. The molecule has 1 aliphatic heterocycles. The molecule has 4 rings (SSSR count). The fraction of sp³-hybridized carbons (Fsp3) is 0.400. The molecule has 1 N–H and O–H groups in total. The van der Waals surface area contributed by atoms with E-state index in [-0.39, 0.29) is 10.9 Å². The summed E-state index contributed by atoms with van der Waals surface area (Å²) in [6, 6.07) is 5.76. The summed E-state index contributed by atoms with van der Waals surface area (Å²) in [6.07, 6.45) is 6.41. The summed E-state index contributed by atoms with van der Waals surface area (Å²) in [6.45, 7) is 4.70. The molecular formula is C20H25N7O2S. The van der Waals surface area contributed by atoms with Crippen LogP contribution < -0.4 is 5.32 Å². The van der Waals surface area contributed by atoms with Crippen molar-refractivity contribution in [3.8, 4) is 0 Å². The van der Waals surface area contributed by atoms with Crippen molar-refractivity contribution in [3.63, 3.8) is 0 Å². The molecule has 1 aliphatic rings. The number of rotatable bonds is 5. The van der Waals surface area contributed by atoms with Gasteiger partial charge in [-0.3, -0.25) is 0 Å². The van der Waals surface area contributed by atoms with Gasteiger partial charge in [0, 0.05) is 44.5 Å². The van der Waals surface area contributed by atoms with E-state index in [0.717, 1.165) is 24.1 Å². The van der Waals surface area contributed by atoms with Gasteiger partial charge in [0.1, 0.15) is 17.5 Å². The van der Waals surface area contributed by atoms with Crippen LogP contribution in [0.3, 0.4) is 0 Å². The molecule has 10 heteroatoms. The van der Waals surface area contributed by atoms with Crippen molar-refractivity contribution >= 4 is 21.7 Å². The number of hydrogen-bond acceptors (Lipinski definition) is 7. The number of aromatic nitrogens is 5. The van der Waals surface area contributed by atoms with E-state index in [4.69, 9.17) is 0 Å². The highest BCUT2D eigenvalue weighted by molar-refractivity contribution is 7.89. The topological polar surface area (TPSA) is 106 Å². The smallest absolute Gasteiger partial charge is 0.262 e. The molecule has 1 atom stereocenters. The second-order valence-electron chi connectivity index (χ2n) is 7.65. The van der Waals surface area contributed by atoms with Gasteiger partial charge in [0.25, 0.3) is 10.0 Å². The second kappa shape index (κ2) is 8.11. The van der Waals surface area contributed by atoms with E-state index in [9.17, 15) is 8.42 Å². The zero-order chi connectivity index (χ0) is 21.3. The number of anilines is 2. The fourth-order valence-corrected chi connectivity index (χ4v) is 5.15. The van der Waals surface area contributed by atoms with Crippen molar-refractivity contribution in [2.45, 2.75) is 37.6 Å². The molecular weight excluding hydrogens is 402 g/mol. The summed E-state index contributed by atoms with van der Waals surface area (Å²) in [5, 5.41) is 3.31. The van der Waals surface area contributed by atoms with E-state index in [1.165, 1.54) is 16.8 Å². The van der Waals surface area contributed by atoms with E-state index in [0.29, 0.717) is 30.5 Å². The highest BCUT2D eigenvalue weighted by Gasteiger charge is 2.33. The first kappa shape index (κ1) is 20.4. The van der Waals surface area contributed by atoms with E-state index < -0.39 is 10.0 Å². The Morgan fingerprint density at radius 2 is 1.97 bits per heavy atom. The number of piperidine rings is 1. The summed E-state index contributed by atoms with van der Waals surface area (Å²) in [5.74, 6) is 1.99. The molecule has 0 radical (unpaired) electrons. The van der Waals surface area contributed by atoms with Crippen LogP contribution in [-0.4, -0.2) is 50.3 Å². The fourth-order valence-electron chi connectivity index (χ4n) is 3.66.